The minimum absolute atomic E-state index is 0. The molecule has 1 aliphatic rings. The molecule has 0 aromatic heterocycles. The molecule has 7 nitrogen and oxygen atoms in total. The summed E-state index contributed by atoms with van der Waals surface area (Å²) < 4.78 is 10.7. The Bertz CT molecular complexity index is 591. The van der Waals surface area contributed by atoms with Crippen LogP contribution in [0.2, 0.25) is 0 Å². The predicted molar refractivity (Wildman–Crippen MR) is 97.7 cm³/mol. The summed E-state index contributed by atoms with van der Waals surface area (Å²) in [4.78, 5) is 23.8. The van der Waals surface area contributed by atoms with Crippen LogP contribution in [0.4, 0.5) is 0 Å². The van der Waals surface area contributed by atoms with Crippen molar-refractivity contribution in [3.8, 4) is 11.5 Å². The molecule has 1 aromatic rings. The number of ether oxygens (including phenoxy) is 2. The first-order chi connectivity index (χ1) is 11.5. The molecule has 1 saturated heterocycles. The third kappa shape index (κ3) is 6.43. The Kier molecular flexibility index (Phi) is 8.51. The molecule has 0 aliphatic carbocycles. The van der Waals surface area contributed by atoms with E-state index >= 15 is 0 Å². The molecule has 0 radical (unpaired) electrons. The summed E-state index contributed by atoms with van der Waals surface area (Å²) in [5, 5.41) is 8.81. The lowest BCUT2D eigenvalue weighted by Crippen LogP contribution is -2.48. The molecular weight excluding hydrogens is 346 g/mol. The Morgan fingerprint density at radius 3 is 2.56 bits per heavy atom. The fourth-order valence-corrected chi connectivity index (χ4v) is 2.27. The maximum atomic E-state index is 12.2. The fourth-order valence-electron chi connectivity index (χ4n) is 2.27. The summed E-state index contributed by atoms with van der Waals surface area (Å²) in [6.07, 6.45) is 0. The predicted octanol–water partition coefficient (Wildman–Crippen LogP) is 0.970. The molecule has 0 bridgehead atoms. The van der Waals surface area contributed by atoms with E-state index in [1.807, 2.05) is 13.8 Å². The van der Waals surface area contributed by atoms with Crippen molar-refractivity contribution in [2.75, 3.05) is 33.4 Å². The molecule has 0 spiro atoms. The van der Waals surface area contributed by atoms with Crippen molar-refractivity contribution in [3.05, 3.63) is 23.8 Å². The largest absolute Gasteiger partial charge is 0.493 e. The van der Waals surface area contributed by atoms with Gasteiger partial charge in [-0.15, -0.1) is 12.4 Å². The Morgan fingerprint density at radius 1 is 1.28 bits per heavy atom. The van der Waals surface area contributed by atoms with Gasteiger partial charge in [0, 0.05) is 37.2 Å². The average Bonchev–Trinajstić information content (AvgIpc) is 2.50. The normalized spacial score (nSPS) is 13.4. The van der Waals surface area contributed by atoms with Crippen LogP contribution in [0.15, 0.2) is 18.2 Å². The van der Waals surface area contributed by atoms with Gasteiger partial charge in [0.1, 0.15) is 0 Å². The van der Waals surface area contributed by atoms with Crippen LogP contribution in [0.3, 0.4) is 0 Å². The van der Waals surface area contributed by atoms with E-state index in [2.05, 4.69) is 16.0 Å². The summed E-state index contributed by atoms with van der Waals surface area (Å²) in [6.45, 7) is 6.19. The quantitative estimate of drug-likeness (QED) is 0.633. The lowest BCUT2D eigenvalue weighted by molar-refractivity contribution is -0.123. The minimum atomic E-state index is -0.206. The van der Waals surface area contributed by atoms with Gasteiger partial charge in [-0.05, 0) is 32.0 Å². The van der Waals surface area contributed by atoms with Gasteiger partial charge in [-0.1, -0.05) is 0 Å². The highest BCUT2D eigenvalue weighted by atomic mass is 35.5. The maximum absolute atomic E-state index is 12.2. The van der Waals surface area contributed by atoms with Gasteiger partial charge in [0.2, 0.25) is 0 Å². The zero-order valence-electron chi connectivity index (χ0n) is 14.8. The van der Waals surface area contributed by atoms with Crippen LogP contribution in [0.5, 0.6) is 11.5 Å². The third-order valence-corrected chi connectivity index (χ3v) is 3.65. The monoisotopic (exact) mass is 371 g/mol. The molecule has 1 aliphatic heterocycles. The van der Waals surface area contributed by atoms with E-state index < -0.39 is 0 Å². The van der Waals surface area contributed by atoms with Crippen molar-refractivity contribution in [2.45, 2.75) is 19.9 Å². The number of carbonyl (C=O) groups is 2. The number of methoxy groups -OCH3 is 1. The topological polar surface area (TPSA) is 88.7 Å². The Hall–Kier alpha value is -1.99. The number of amides is 2. The van der Waals surface area contributed by atoms with E-state index in [1.165, 1.54) is 7.11 Å². The van der Waals surface area contributed by atoms with Crippen LogP contribution >= 0.6 is 12.4 Å². The van der Waals surface area contributed by atoms with Gasteiger partial charge in [0.25, 0.3) is 11.8 Å². The van der Waals surface area contributed by atoms with Gasteiger partial charge in [0.15, 0.2) is 18.1 Å². The molecule has 2 rings (SSSR count). The van der Waals surface area contributed by atoms with E-state index in [1.54, 1.807) is 18.2 Å². The lowest BCUT2D eigenvalue weighted by Gasteiger charge is -2.27. The van der Waals surface area contributed by atoms with Crippen molar-refractivity contribution < 1.29 is 19.1 Å². The zero-order valence-corrected chi connectivity index (χ0v) is 15.6. The van der Waals surface area contributed by atoms with Crippen molar-refractivity contribution in [3.63, 3.8) is 0 Å². The van der Waals surface area contributed by atoms with Crippen LogP contribution in [0.25, 0.3) is 0 Å². The summed E-state index contributed by atoms with van der Waals surface area (Å²) in [7, 11) is 1.50. The number of hydrogen-bond acceptors (Lipinski definition) is 5. The fraction of sp³-hybridized carbons (Fsp3) is 0.529. The molecular formula is C17H26ClN3O4. The number of benzene rings is 1. The summed E-state index contributed by atoms with van der Waals surface area (Å²) in [5.41, 5.74) is 0.498. The Morgan fingerprint density at radius 2 is 2.00 bits per heavy atom. The van der Waals surface area contributed by atoms with Gasteiger partial charge in [-0.2, -0.15) is 0 Å². The van der Waals surface area contributed by atoms with E-state index in [0.29, 0.717) is 29.5 Å². The first-order valence-corrected chi connectivity index (χ1v) is 8.08. The second-order valence-electron chi connectivity index (χ2n) is 6.11. The van der Waals surface area contributed by atoms with Crippen LogP contribution in [-0.4, -0.2) is 51.2 Å². The van der Waals surface area contributed by atoms with Crippen LogP contribution < -0.4 is 25.4 Å². The standard InChI is InChI=1S/C17H25N3O4.ClH/c1-11(2)20-16(21)10-24-14-5-4-13(6-15(14)23-3)17(22)19-9-12-7-18-8-12;/h4-6,11-12,18H,7-10H2,1-3H3,(H,19,22)(H,20,21);1H. The first kappa shape index (κ1) is 21.1. The van der Waals surface area contributed by atoms with Crippen LogP contribution in [0, 0.1) is 5.92 Å². The van der Waals surface area contributed by atoms with Gasteiger partial charge >= 0.3 is 0 Å². The summed E-state index contributed by atoms with van der Waals surface area (Å²) >= 11 is 0. The van der Waals surface area contributed by atoms with Crippen molar-refractivity contribution in [1.29, 1.82) is 0 Å². The van der Waals surface area contributed by atoms with E-state index in [4.69, 9.17) is 9.47 Å². The SMILES string of the molecule is COc1cc(C(=O)NCC2CNC2)ccc1OCC(=O)NC(C)C.Cl. The van der Waals surface area contributed by atoms with Crippen LogP contribution in [-0.2, 0) is 4.79 Å². The van der Waals surface area contributed by atoms with Gasteiger partial charge in [-0.3, -0.25) is 9.59 Å². The number of hydrogen-bond donors (Lipinski definition) is 3. The number of halogens is 1. The highest BCUT2D eigenvalue weighted by Crippen LogP contribution is 2.28. The van der Waals surface area contributed by atoms with E-state index in [9.17, 15) is 9.59 Å². The molecule has 2 amide bonds. The number of carbonyl (C=O) groups excluding carboxylic acids is 2. The van der Waals surface area contributed by atoms with Gasteiger partial charge in [0.05, 0.1) is 7.11 Å². The highest BCUT2D eigenvalue weighted by Gasteiger charge is 2.18. The maximum Gasteiger partial charge on any atom is 0.258 e. The third-order valence-electron chi connectivity index (χ3n) is 3.65. The molecule has 0 unspecified atom stereocenters. The second-order valence-corrected chi connectivity index (χ2v) is 6.11. The molecule has 1 aromatic carbocycles. The van der Waals surface area contributed by atoms with E-state index in [0.717, 1.165) is 13.1 Å². The molecule has 0 atom stereocenters. The van der Waals surface area contributed by atoms with Gasteiger partial charge < -0.3 is 25.4 Å². The first-order valence-electron chi connectivity index (χ1n) is 8.08. The Labute approximate surface area is 154 Å². The molecule has 25 heavy (non-hydrogen) atoms. The molecule has 1 fully saturated rings. The minimum Gasteiger partial charge on any atom is -0.493 e. The van der Waals surface area contributed by atoms with Gasteiger partial charge in [-0.25, -0.2) is 0 Å². The van der Waals surface area contributed by atoms with Crippen LogP contribution in [0.1, 0.15) is 24.2 Å². The molecule has 8 heteroatoms. The number of rotatable bonds is 8. The summed E-state index contributed by atoms with van der Waals surface area (Å²) in [5.74, 6) is 0.992. The summed E-state index contributed by atoms with van der Waals surface area (Å²) in [6, 6.07) is 4.97. The van der Waals surface area contributed by atoms with E-state index in [-0.39, 0.29) is 36.9 Å². The molecule has 0 saturated carbocycles. The molecule has 3 N–H and O–H groups in total. The lowest BCUT2D eigenvalue weighted by atomic mass is 10.0. The van der Waals surface area contributed by atoms with Crippen molar-refractivity contribution in [2.24, 2.45) is 5.92 Å². The van der Waals surface area contributed by atoms with Crippen molar-refractivity contribution >= 4 is 24.2 Å². The molecule has 1 heterocycles. The average molecular weight is 372 g/mol. The number of nitrogens with one attached hydrogen (secondary N) is 3. The smallest absolute Gasteiger partial charge is 0.258 e. The Balaban J connectivity index is 0.00000312. The highest BCUT2D eigenvalue weighted by molar-refractivity contribution is 5.94. The second kappa shape index (κ2) is 10.1. The van der Waals surface area contributed by atoms with Crippen molar-refractivity contribution in [1.82, 2.24) is 16.0 Å². The molecule has 140 valence electrons. The zero-order chi connectivity index (χ0) is 17.5.